The molecule has 0 aliphatic rings. The van der Waals surface area contributed by atoms with Gasteiger partial charge in [0.2, 0.25) is 5.91 Å². The summed E-state index contributed by atoms with van der Waals surface area (Å²) >= 11 is 0. The van der Waals surface area contributed by atoms with Crippen LogP contribution in [-0.2, 0) is 4.79 Å². The molecular formula is C14H30N2O. The van der Waals surface area contributed by atoms with E-state index in [4.69, 9.17) is 5.73 Å². The van der Waals surface area contributed by atoms with Gasteiger partial charge in [0.1, 0.15) is 0 Å². The third kappa shape index (κ3) is 6.06. The van der Waals surface area contributed by atoms with Crippen LogP contribution in [-0.4, -0.2) is 29.9 Å². The Balaban J connectivity index is 4.50. The maximum Gasteiger partial charge on any atom is 0.240 e. The average molecular weight is 242 g/mol. The molecular weight excluding hydrogens is 212 g/mol. The highest BCUT2D eigenvalue weighted by molar-refractivity contribution is 5.82. The minimum absolute atomic E-state index is 0.111. The number of nitrogens with two attached hydrogens (primary N) is 1. The number of rotatable bonds is 7. The second-order valence-corrected chi connectivity index (χ2v) is 5.88. The van der Waals surface area contributed by atoms with Crippen molar-refractivity contribution in [3.05, 3.63) is 0 Å². The summed E-state index contributed by atoms with van der Waals surface area (Å²) in [6.07, 6.45) is 4.35. The fourth-order valence-corrected chi connectivity index (χ4v) is 1.60. The highest BCUT2D eigenvalue weighted by Gasteiger charge is 2.30. The largest absolute Gasteiger partial charge is 0.341 e. The Hall–Kier alpha value is -0.570. The molecule has 1 amide bonds. The molecule has 2 N–H and O–H groups in total. The Morgan fingerprint density at radius 1 is 1.12 bits per heavy atom. The van der Waals surface area contributed by atoms with Crippen molar-refractivity contribution < 1.29 is 4.79 Å². The van der Waals surface area contributed by atoms with E-state index in [0.717, 1.165) is 38.8 Å². The van der Waals surface area contributed by atoms with Crippen LogP contribution in [0, 0.1) is 5.41 Å². The molecule has 0 aromatic heterocycles. The van der Waals surface area contributed by atoms with Crippen LogP contribution < -0.4 is 5.73 Å². The first kappa shape index (κ1) is 16.4. The van der Waals surface area contributed by atoms with Gasteiger partial charge in [-0.1, -0.05) is 47.5 Å². The summed E-state index contributed by atoms with van der Waals surface area (Å²) in [7, 11) is 0. The molecule has 0 bridgehead atoms. The van der Waals surface area contributed by atoms with E-state index >= 15 is 0 Å². The molecule has 17 heavy (non-hydrogen) atoms. The lowest BCUT2D eigenvalue weighted by atomic mass is 9.86. The second-order valence-electron chi connectivity index (χ2n) is 5.88. The number of nitrogens with zero attached hydrogens (tertiary/aromatic N) is 1. The van der Waals surface area contributed by atoms with E-state index in [1.807, 2.05) is 25.7 Å². The van der Waals surface area contributed by atoms with Crippen LogP contribution in [0.1, 0.15) is 60.3 Å². The Labute approximate surface area is 107 Å². The molecule has 0 radical (unpaired) electrons. The Morgan fingerprint density at radius 2 is 1.53 bits per heavy atom. The molecule has 0 aromatic rings. The zero-order valence-electron chi connectivity index (χ0n) is 12.3. The van der Waals surface area contributed by atoms with E-state index in [-0.39, 0.29) is 11.3 Å². The van der Waals surface area contributed by atoms with E-state index in [1.165, 1.54) is 0 Å². The summed E-state index contributed by atoms with van der Waals surface area (Å²) < 4.78 is 0. The predicted octanol–water partition coefficient (Wildman–Crippen LogP) is 2.79. The third-order valence-corrected chi connectivity index (χ3v) is 3.07. The molecule has 0 saturated heterocycles. The number of hydrogen-bond acceptors (Lipinski definition) is 2. The Morgan fingerprint density at radius 3 is 1.82 bits per heavy atom. The van der Waals surface area contributed by atoms with Gasteiger partial charge in [0.05, 0.1) is 6.04 Å². The lowest BCUT2D eigenvalue weighted by molar-refractivity contribution is -0.135. The molecule has 0 rings (SSSR count). The summed E-state index contributed by atoms with van der Waals surface area (Å²) in [6, 6.07) is -0.392. The van der Waals surface area contributed by atoms with Crippen molar-refractivity contribution in [1.29, 1.82) is 0 Å². The number of amides is 1. The van der Waals surface area contributed by atoms with E-state index in [2.05, 4.69) is 13.8 Å². The van der Waals surface area contributed by atoms with Crippen molar-refractivity contribution in [2.75, 3.05) is 13.1 Å². The zero-order chi connectivity index (χ0) is 13.5. The van der Waals surface area contributed by atoms with Crippen LogP contribution in [0.25, 0.3) is 0 Å². The first-order valence-corrected chi connectivity index (χ1v) is 6.89. The van der Waals surface area contributed by atoms with Gasteiger partial charge in [-0.3, -0.25) is 4.79 Å². The first-order valence-electron chi connectivity index (χ1n) is 6.89. The highest BCUT2D eigenvalue weighted by Crippen LogP contribution is 2.19. The van der Waals surface area contributed by atoms with Crippen molar-refractivity contribution in [3.8, 4) is 0 Å². The number of unbranched alkanes of at least 4 members (excludes halogenated alkanes) is 2. The molecule has 102 valence electrons. The molecule has 0 aromatic carbocycles. The van der Waals surface area contributed by atoms with E-state index in [1.54, 1.807) is 0 Å². The van der Waals surface area contributed by atoms with Gasteiger partial charge in [-0.25, -0.2) is 0 Å². The lowest BCUT2D eigenvalue weighted by Gasteiger charge is -2.32. The number of hydrogen-bond donors (Lipinski definition) is 1. The molecule has 3 nitrogen and oxygen atoms in total. The van der Waals surface area contributed by atoms with Gasteiger partial charge in [-0.15, -0.1) is 0 Å². The summed E-state index contributed by atoms with van der Waals surface area (Å²) in [4.78, 5) is 14.2. The third-order valence-electron chi connectivity index (χ3n) is 3.07. The minimum atomic E-state index is -0.392. The summed E-state index contributed by atoms with van der Waals surface area (Å²) in [5.41, 5.74) is 5.89. The van der Waals surface area contributed by atoms with Gasteiger partial charge in [-0.2, -0.15) is 0 Å². The van der Waals surface area contributed by atoms with Gasteiger partial charge in [-0.05, 0) is 18.3 Å². The quantitative estimate of drug-likeness (QED) is 0.746. The lowest BCUT2D eigenvalue weighted by Crippen LogP contribution is -2.50. The summed E-state index contributed by atoms with van der Waals surface area (Å²) in [5, 5.41) is 0. The van der Waals surface area contributed by atoms with Gasteiger partial charge >= 0.3 is 0 Å². The van der Waals surface area contributed by atoms with Crippen molar-refractivity contribution >= 4 is 5.91 Å². The van der Waals surface area contributed by atoms with Crippen molar-refractivity contribution in [1.82, 2.24) is 4.90 Å². The topological polar surface area (TPSA) is 46.3 Å². The molecule has 0 fully saturated rings. The molecule has 3 heteroatoms. The van der Waals surface area contributed by atoms with Crippen LogP contribution >= 0.6 is 0 Å². The SMILES string of the molecule is CCCCN(CCCC)C(=O)[C@@H](N)C(C)(C)C. The Kier molecular flexibility index (Phi) is 7.44. The van der Waals surface area contributed by atoms with Gasteiger partial charge in [0.25, 0.3) is 0 Å². The smallest absolute Gasteiger partial charge is 0.240 e. The van der Waals surface area contributed by atoms with Crippen LogP contribution in [0.5, 0.6) is 0 Å². The molecule has 0 spiro atoms. The van der Waals surface area contributed by atoms with Gasteiger partial charge in [0.15, 0.2) is 0 Å². The normalized spacial score (nSPS) is 13.5. The monoisotopic (exact) mass is 242 g/mol. The number of carbonyl (C=O) groups is 1. The molecule has 0 aliphatic heterocycles. The fraction of sp³-hybridized carbons (Fsp3) is 0.929. The van der Waals surface area contributed by atoms with Crippen LogP contribution in [0.4, 0.5) is 0 Å². The maximum absolute atomic E-state index is 12.3. The van der Waals surface area contributed by atoms with Gasteiger partial charge < -0.3 is 10.6 Å². The standard InChI is InChI=1S/C14H30N2O/c1-6-8-10-16(11-9-7-2)13(17)12(15)14(3,4)5/h12H,6-11,15H2,1-5H3/t12-/m1/s1. The van der Waals surface area contributed by atoms with E-state index in [0.29, 0.717) is 0 Å². The second kappa shape index (κ2) is 7.70. The van der Waals surface area contributed by atoms with Crippen LogP contribution in [0.3, 0.4) is 0 Å². The molecule has 0 aliphatic carbocycles. The van der Waals surface area contributed by atoms with Crippen molar-refractivity contribution in [3.63, 3.8) is 0 Å². The molecule has 1 atom stereocenters. The fourth-order valence-electron chi connectivity index (χ4n) is 1.60. The van der Waals surface area contributed by atoms with Crippen LogP contribution in [0.15, 0.2) is 0 Å². The zero-order valence-corrected chi connectivity index (χ0v) is 12.3. The maximum atomic E-state index is 12.3. The Bertz CT molecular complexity index is 213. The highest BCUT2D eigenvalue weighted by atomic mass is 16.2. The number of carbonyl (C=O) groups excluding carboxylic acids is 1. The molecule has 0 unspecified atom stereocenters. The molecule has 0 heterocycles. The van der Waals surface area contributed by atoms with E-state index in [9.17, 15) is 4.79 Å². The van der Waals surface area contributed by atoms with Crippen molar-refractivity contribution in [2.24, 2.45) is 11.1 Å². The molecule has 0 saturated carbocycles. The summed E-state index contributed by atoms with van der Waals surface area (Å²) in [5.74, 6) is 0.111. The predicted molar refractivity (Wildman–Crippen MR) is 73.8 cm³/mol. The average Bonchev–Trinajstić information content (AvgIpc) is 2.26. The minimum Gasteiger partial charge on any atom is -0.341 e. The van der Waals surface area contributed by atoms with E-state index < -0.39 is 6.04 Å². The summed E-state index contributed by atoms with van der Waals surface area (Å²) in [6.45, 7) is 12.0. The van der Waals surface area contributed by atoms with Gasteiger partial charge in [0, 0.05) is 13.1 Å². The first-order chi connectivity index (χ1) is 7.84. The van der Waals surface area contributed by atoms with Crippen LogP contribution in [0.2, 0.25) is 0 Å². The van der Waals surface area contributed by atoms with Crippen molar-refractivity contribution in [2.45, 2.75) is 66.3 Å².